The molecule has 3 heteroatoms. The lowest BCUT2D eigenvalue weighted by Crippen LogP contribution is -2.26. The number of rotatable bonds is 2. The quantitative estimate of drug-likeness (QED) is 0.681. The lowest BCUT2D eigenvalue weighted by atomic mass is 10.2. The van der Waals surface area contributed by atoms with Crippen LogP contribution >= 0.6 is 0 Å². The minimum Gasteiger partial charge on any atom is -0.338 e. The van der Waals surface area contributed by atoms with Crippen LogP contribution in [0.4, 0.5) is 0 Å². The Morgan fingerprint density at radius 1 is 1.11 bits per heavy atom. The highest BCUT2D eigenvalue weighted by atomic mass is 14.9. The molecule has 88 valence electrons. The monoisotopic (exact) mass is 236 g/mol. The number of aryl methyl sites for hydroxylation is 1. The minimum atomic E-state index is 0.878. The highest BCUT2D eigenvalue weighted by molar-refractivity contribution is 5.78. The van der Waals surface area contributed by atoms with Gasteiger partial charge in [-0.3, -0.25) is 0 Å². The molecule has 2 heterocycles. The topological polar surface area (TPSA) is 32.6 Å². The fraction of sp³-hybridized carbons (Fsp3) is 0.0667. The van der Waals surface area contributed by atoms with E-state index < -0.39 is 0 Å². The second kappa shape index (κ2) is 4.45. The maximum Gasteiger partial charge on any atom is 0.175 e. The van der Waals surface area contributed by atoms with Crippen molar-refractivity contribution in [1.29, 1.82) is 0 Å². The summed E-state index contributed by atoms with van der Waals surface area (Å²) in [5.74, 6) is 0.878. The predicted octanol–water partition coefficient (Wildman–Crippen LogP) is 2.56. The van der Waals surface area contributed by atoms with Crippen LogP contribution in [-0.2, 0) is 7.05 Å². The maximum atomic E-state index is 4.50. The van der Waals surface area contributed by atoms with Crippen LogP contribution in [0.3, 0.4) is 0 Å². The van der Waals surface area contributed by atoms with Crippen molar-refractivity contribution < 1.29 is 4.57 Å². The summed E-state index contributed by atoms with van der Waals surface area (Å²) in [6.45, 7) is 0. The summed E-state index contributed by atoms with van der Waals surface area (Å²) in [6.07, 6.45) is 8.13. The van der Waals surface area contributed by atoms with E-state index in [1.807, 2.05) is 54.2 Å². The largest absolute Gasteiger partial charge is 0.338 e. The molecular weight excluding hydrogens is 222 g/mol. The third kappa shape index (κ3) is 2.15. The van der Waals surface area contributed by atoms with Crippen LogP contribution in [0.5, 0.6) is 0 Å². The molecular formula is C15H14N3+. The summed E-state index contributed by atoms with van der Waals surface area (Å²) in [5.41, 5.74) is 3.21. The van der Waals surface area contributed by atoms with Gasteiger partial charge in [0.25, 0.3) is 0 Å². The average Bonchev–Trinajstić information content (AvgIpc) is 2.79. The Bertz CT molecular complexity index is 677. The predicted molar refractivity (Wildman–Crippen MR) is 72.6 cm³/mol. The van der Waals surface area contributed by atoms with Crippen LogP contribution in [0.2, 0.25) is 0 Å². The molecule has 0 bridgehead atoms. The zero-order valence-corrected chi connectivity index (χ0v) is 10.2. The van der Waals surface area contributed by atoms with Crippen LogP contribution < -0.4 is 4.57 Å². The maximum absolute atomic E-state index is 4.50. The molecule has 0 saturated carbocycles. The number of H-pyrrole nitrogens is 1. The van der Waals surface area contributed by atoms with Gasteiger partial charge in [0.15, 0.2) is 12.4 Å². The molecule has 0 aliphatic heterocycles. The zero-order chi connectivity index (χ0) is 12.4. The number of aromatic amines is 1. The number of para-hydroxylation sites is 2. The number of imidazole rings is 1. The van der Waals surface area contributed by atoms with Crippen molar-refractivity contribution in [1.82, 2.24) is 9.97 Å². The molecule has 0 aliphatic rings. The number of nitrogens with zero attached hydrogens (tertiary/aromatic N) is 2. The average molecular weight is 236 g/mol. The van der Waals surface area contributed by atoms with Gasteiger partial charge >= 0.3 is 0 Å². The summed E-state index contributed by atoms with van der Waals surface area (Å²) in [5, 5.41) is 0. The molecule has 0 atom stereocenters. The van der Waals surface area contributed by atoms with Crippen LogP contribution in [0, 0.1) is 0 Å². The molecule has 18 heavy (non-hydrogen) atoms. The van der Waals surface area contributed by atoms with E-state index in [2.05, 4.69) is 28.3 Å². The molecule has 0 fully saturated rings. The Labute approximate surface area is 105 Å². The second-order valence-corrected chi connectivity index (χ2v) is 4.28. The van der Waals surface area contributed by atoms with Crippen molar-refractivity contribution in [2.75, 3.05) is 0 Å². The number of fused-ring (bicyclic) bond motifs is 1. The molecule has 0 unspecified atom stereocenters. The van der Waals surface area contributed by atoms with Gasteiger partial charge in [-0.2, -0.15) is 0 Å². The van der Waals surface area contributed by atoms with Crippen molar-refractivity contribution in [2.24, 2.45) is 7.05 Å². The first-order valence-electron chi connectivity index (χ1n) is 5.89. The number of hydrogen-bond donors (Lipinski definition) is 1. The van der Waals surface area contributed by atoms with E-state index in [1.165, 1.54) is 0 Å². The summed E-state index contributed by atoms with van der Waals surface area (Å²) < 4.78 is 2.03. The van der Waals surface area contributed by atoms with E-state index in [9.17, 15) is 0 Å². The first-order valence-corrected chi connectivity index (χ1v) is 5.89. The normalized spacial score (nSPS) is 11.4. The Balaban J connectivity index is 1.92. The molecule has 1 aromatic carbocycles. The molecule has 0 aliphatic carbocycles. The van der Waals surface area contributed by atoms with Gasteiger partial charge in [-0.1, -0.05) is 12.1 Å². The van der Waals surface area contributed by atoms with E-state index in [0.717, 1.165) is 22.4 Å². The number of aromatic nitrogens is 3. The van der Waals surface area contributed by atoms with E-state index in [1.54, 1.807) is 0 Å². The summed E-state index contributed by atoms with van der Waals surface area (Å²) >= 11 is 0. The smallest absolute Gasteiger partial charge is 0.175 e. The Morgan fingerprint density at radius 3 is 2.83 bits per heavy atom. The standard InChI is InChI=1S/C15H14N3/c1-18-10-4-5-12(11-18)8-9-15-16-13-6-2-3-7-14(13)17-15/h2-11H,1H3,(H,16,17)/q+1/b9-8+. The zero-order valence-electron chi connectivity index (χ0n) is 10.2. The first kappa shape index (κ1) is 10.7. The summed E-state index contributed by atoms with van der Waals surface area (Å²) in [4.78, 5) is 7.78. The van der Waals surface area contributed by atoms with Crippen LogP contribution in [-0.4, -0.2) is 9.97 Å². The third-order valence-electron chi connectivity index (χ3n) is 2.80. The van der Waals surface area contributed by atoms with Crippen LogP contribution in [0.25, 0.3) is 23.2 Å². The number of hydrogen-bond acceptors (Lipinski definition) is 1. The fourth-order valence-electron chi connectivity index (χ4n) is 1.94. The van der Waals surface area contributed by atoms with Gasteiger partial charge in [0.2, 0.25) is 0 Å². The van der Waals surface area contributed by atoms with Crippen molar-refractivity contribution in [3.63, 3.8) is 0 Å². The first-order chi connectivity index (χ1) is 8.81. The highest BCUT2D eigenvalue weighted by Gasteiger charge is 1.98. The Kier molecular flexibility index (Phi) is 2.65. The Hall–Kier alpha value is -2.42. The Morgan fingerprint density at radius 2 is 2.00 bits per heavy atom. The van der Waals surface area contributed by atoms with Gasteiger partial charge < -0.3 is 4.98 Å². The molecule has 2 aromatic heterocycles. The molecule has 0 radical (unpaired) electrons. The van der Waals surface area contributed by atoms with Crippen molar-refractivity contribution in [2.45, 2.75) is 0 Å². The van der Waals surface area contributed by atoms with Crippen molar-refractivity contribution >= 4 is 23.2 Å². The van der Waals surface area contributed by atoms with Gasteiger partial charge in [-0.15, -0.1) is 0 Å². The van der Waals surface area contributed by atoms with Crippen LogP contribution in [0.15, 0.2) is 48.8 Å². The second-order valence-electron chi connectivity index (χ2n) is 4.28. The fourth-order valence-corrected chi connectivity index (χ4v) is 1.94. The molecule has 0 saturated heterocycles. The lowest BCUT2D eigenvalue weighted by molar-refractivity contribution is -0.671. The van der Waals surface area contributed by atoms with E-state index in [0.29, 0.717) is 0 Å². The molecule has 0 spiro atoms. The van der Waals surface area contributed by atoms with Crippen molar-refractivity contribution in [3.05, 3.63) is 60.2 Å². The number of nitrogens with one attached hydrogen (secondary N) is 1. The van der Waals surface area contributed by atoms with Gasteiger partial charge in [0.1, 0.15) is 12.9 Å². The summed E-state index contributed by atoms with van der Waals surface area (Å²) in [7, 11) is 2.01. The molecule has 3 nitrogen and oxygen atoms in total. The lowest BCUT2D eigenvalue weighted by Gasteiger charge is -1.89. The van der Waals surface area contributed by atoms with Gasteiger partial charge in [0, 0.05) is 11.6 Å². The SMILES string of the molecule is C[n+]1cccc(/C=C/c2nc3ccccc3[nH]2)c1. The van der Waals surface area contributed by atoms with E-state index in [4.69, 9.17) is 0 Å². The summed E-state index contributed by atoms with van der Waals surface area (Å²) in [6, 6.07) is 12.1. The molecule has 3 aromatic rings. The third-order valence-corrected chi connectivity index (χ3v) is 2.80. The highest BCUT2D eigenvalue weighted by Crippen LogP contribution is 2.12. The van der Waals surface area contributed by atoms with Crippen LogP contribution in [0.1, 0.15) is 11.4 Å². The number of pyridine rings is 1. The molecule has 3 rings (SSSR count). The van der Waals surface area contributed by atoms with E-state index in [-0.39, 0.29) is 0 Å². The van der Waals surface area contributed by atoms with E-state index >= 15 is 0 Å². The number of benzene rings is 1. The minimum absolute atomic E-state index is 0.878. The molecule has 0 amide bonds. The van der Waals surface area contributed by atoms with Crippen molar-refractivity contribution in [3.8, 4) is 0 Å². The van der Waals surface area contributed by atoms with Gasteiger partial charge in [-0.25, -0.2) is 9.55 Å². The molecule has 1 N–H and O–H groups in total. The van der Waals surface area contributed by atoms with Gasteiger partial charge in [0.05, 0.1) is 11.0 Å². The van der Waals surface area contributed by atoms with Gasteiger partial charge in [-0.05, 0) is 30.4 Å².